The molecule has 1 N–H and O–H groups in total. The van der Waals surface area contributed by atoms with E-state index in [1.165, 1.54) is 6.07 Å². The zero-order valence-corrected chi connectivity index (χ0v) is 8.40. The lowest BCUT2D eigenvalue weighted by molar-refractivity contribution is 0.0665. The Kier molecular flexibility index (Phi) is 2.11. The summed E-state index contributed by atoms with van der Waals surface area (Å²) >= 11 is 0. The van der Waals surface area contributed by atoms with Gasteiger partial charge in [-0.2, -0.15) is 0 Å². The number of hydrogen-bond donors (Lipinski definition) is 1. The third-order valence-corrected chi connectivity index (χ3v) is 2.26. The number of fused-ring (bicyclic) bond motifs is 1. The number of benzene rings is 1. The molecule has 78 valence electrons. The molecule has 0 fully saturated rings. The molecule has 4 heteroatoms. The van der Waals surface area contributed by atoms with Crippen molar-refractivity contribution in [2.24, 2.45) is 0 Å². The molecule has 0 amide bonds. The van der Waals surface area contributed by atoms with Gasteiger partial charge in [0, 0.05) is 11.5 Å². The van der Waals surface area contributed by atoms with E-state index in [0.29, 0.717) is 11.3 Å². The highest BCUT2D eigenvalue weighted by atomic mass is 16.5. The first-order valence-corrected chi connectivity index (χ1v) is 4.43. The number of carbonyl (C=O) groups is 1. The highest BCUT2D eigenvalue weighted by Gasteiger charge is 2.12. The molecule has 2 rings (SSSR count). The maximum atomic E-state index is 10.7. The Morgan fingerprint density at radius 2 is 2.13 bits per heavy atom. The van der Waals surface area contributed by atoms with Crippen LogP contribution in [0.5, 0.6) is 5.75 Å². The normalized spacial score (nSPS) is 10.5. The van der Waals surface area contributed by atoms with Crippen molar-refractivity contribution in [1.82, 2.24) is 0 Å². The minimum Gasteiger partial charge on any atom is -0.497 e. The van der Waals surface area contributed by atoms with Crippen LogP contribution in [0.3, 0.4) is 0 Å². The maximum Gasteiger partial charge on any atom is 0.371 e. The molecule has 0 spiro atoms. The predicted octanol–water partition coefficient (Wildman–Crippen LogP) is 2.45. The van der Waals surface area contributed by atoms with Gasteiger partial charge >= 0.3 is 5.97 Å². The lowest BCUT2D eigenvalue weighted by atomic mass is 10.1. The lowest BCUT2D eigenvalue weighted by Gasteiger charge is -2.00. The molecule has 0 saturated carbocycles. The Labute approximate surface area is 86.1 Å². The largest absolute Gasteiger partial charge is 0.497 e. The van der Waals surface area contributed by atoms with Crippen LogP contribution in [0.4, 0.5) is 0 Å². The Morgan fingerprint density at radius 3 is 2.73 bits per heavy atom. The van der Waals surface area contributed by atoms with Gasteiger partial charge in [-0.05, 0) is 24.6 Å². The summed E-state index contributed by atoms with van der Waals surface area (Å²) in [5.74, 6) is -0.461. The Balaban J connectivity index is 2.69. The molecule has 0 atom stereocenters. The fraction of sp³-hybridized carbons (Fsp3) is 0.182. The summed E-state index contributed by atoms with van der Waals surface area (Å²) in [5, 5.41) is 9.58. The van der Waals surface area contributed by atoms with Gasteiger partial charge in [0.25, 0.3) is 0 Å². The van der Waals surface area contributed by atoms with Crippen molar-refractivity contribution in [3.8, 4) is 5.75 Å². The molecule has 4 nitrogen and oxygen atoms in total. The number of methoxy groups -OCH3 is 1. The summed E-state index contributed by atoms with van der Waals surface area (Å²) in [6, 6.07) is 5.03. The van der Waals surface area contributed by atoms with E-state index in [2.05, 4.69) is 0 Å². The van der Waals surface area contributed by atoms with Crippen molar-refractivity contribution in [3.05, 3.63) is 29.5 Å². The second kappa shape index (κ2) is 3.31. The van der Waals surface area contributed by atoms with Gasteiger partial charge in [0.15, 0.2) is 0 Å². The standard InChI is InChI=1S/C11H10O4/c1-6-3-7(14-2)4-9-8(6)5-10(15-9)11(12)13/h3-5H,1-2H3,(H,12,13). The molecule has 0 unspecified atom stereocenters. The Bertz CT molecular complexity index is 525. The molecular weight excluding hydrogens is 196 g/mol. The van der Waals surface area contributed by atoms with Crippen molar-refractivity contribution in [3.63, 3.8) is 0 Å². The van der Waals surface area contributed by atoms with Crippen molar-refractivity contribution in [2.75, 3.05) is 7.11 Å². The Hall–Kier alpha value is -1.97. The second-order valence-corrected chi connectivity index (χ2v) is 3.27. The van der Waals surface area contributed by atoms with Gasteiger partial charge in [0.2, 0.25) is 5.76 Å². The van der Waals surface area contributed by atoms with Crippen LogP contribution in [0.15, 0.2) is 22.6 Å². The molecule has 0 aliphatic carbocycles. The molecule has 0 aliphatic heterocycles. The number of rotatable bonds is 2. The smallest absolute Gasteiger partial charge is 0.371 e. The molecule has 15 heavy (non-hydrogen) atoms. The molecular formula is C11H10O4. The number of aromatic carboxylic acids is 1. The summed E-state index contributed by atoms with van der Waals surface area (Å²) < 4.78 is 10.2. The topological polar surface area (TPSA) is 59.7 Å². The molecule has 1 aromatic carbocycles. The van der Waals surface area contributed by atoms with Crippen LogP contribution >= 0.6 is 0 Å². The first-order chi connectivity index (χ1) is 7.11. The van der Waals surface area contributed by atoms with Crippen molar-refractivity contribution >= 4 is 16.9 Å². The van der Waals surface area contributed by atoms with Crippen LogP contribution in [0.2, 0.25) is 0 Å². The summed E-state index contributed by atoms with van der Waals surface area (Å²) in [6.07, 6.45) is 0. The van der Waals surface area contributed by atoms with E-state index >= 15 is 0 Å². The van der Waals surface area contributed by atoms with E-state index in [0.717, 1.165) is 10.9 Å². The second-order valence-electron chi connectivity index (χ2n) is 3.27. The number of hydrogen-bond acceptors (Lipinski definition) is 3. The highest BCUT2D eigenvalue weighted by Crippen LogP contribution is 2.27. The van der Waals surface area contributed by atoms with Gasteiger partial charge in [-0.3, -0.25) is 0 Å². The average molecular weight is 206 g/mol. The van der Waals surface area contributed by atoms with E-state index in [4.69, 9.17) is 14.3 Å². The van der Waals surface area contributed by atoms with E-state index in [1.807, 2.05) is 13.0 Å². The fourth-order valence-electron chi connectivity index (χ4n) is 1.51. The van der Waals surface area contributed by atoms with Crippen LogP contribution in [0.25, 0.3) is 11.0 Å². The predicted molar refractivity (Wildman–Crippen MR) is 54.5 cm³/mol. The summed E-state index contributed by atoms with van der Waals surface area (Å²) in [6.45, 7) is 1.88. The third-order valence-electron chi connectivity index (χ3n) is 2.26. The average Bonchev–Trinajstić information content (AvgIpc) is 2.61. The zero-order chi connectivity index (χ0) is 11.0. The lowest BCUT2D eigenvalue weighted by Crippen LogP contribution is -1.91. The number of ether oxygens (including phenoxy) is 1. The van der Waals surface area contributed by atoms with Crippen LogP contribution in [0.1, 0.15) is 16.1 Å². The highest BCUT2D eigenvalue weighted by molar-refractivity contribution is 5.93. The van der Waals surface area contributed by atoms with Gasteiger partial charge < -0.3 is 14.3 Å². The van der Waals surface area contributed by atoms with Crippen molar-refractivity contribution in [1.29, 1.82) is 0 Å². The van der Waals surface area contributed by atoms with Crippen LogP contribution in [-0.4, -0.2) is 18.2 Å². The van der Waals surface area contributed by atoms with Crippen molar-refractivity contribution in [2.45, 2.75) is 6.92 Å². The van der Waals surface area contributed by atoms with Crippen molar-refractivity contribution < 1.29 is 19.1 Å². The molecule has 2 aromatic rings. The molecule has 1 heterocycles. The molecule has 0 saturated heterocycles. The molecule has 1 aromatic heterocycles. The fourth-order valence-corrected chi connectivity index (χ4v) is 1.51. The van der Waals surface area contributed by atoms with Gasteiger partial charge in [-0.25, -0.2) is 4.79 Å². The summed E-state index contributed by atoms with van der Waals surface area (Å²) in [5.41, 5.74) is 1.46. The van der Waals surface area contributed by atoms with Gasteiger partial charge in [0.05, 0.1) is 7.11 Å². The van der Waals surface area contributed by atoms with E-state index in [-0.39, 0.29) is 5.76 Å². The van der Waals surface area contributed by atoms with Gasteiger partial charge in [0.1, 0.15) is 11.3 Å². The minimum atomic E-state index is -1.07. The van der Waals surface area contributed by atoms with E-state index in [1.54, 1.807) is 13.2 Å². The first-order valence-electron chi connectivity index (χ1n) is 4.43. The van der Waals surface area contributed by atoms with Crippen LogP contribution < -0.4 is 4.74 Å². The number of carboxylic acids is 1. The quantitative estimate of drug-likeness (QED) is 0.819. The first kappa shape index (κ1) is 9.58. The molecule has 0 aliphatic rings. The summed E-state index contributed by atoms with van der Waals surface area (Å²) in [4.78, 5) is 10.7. The zero-order valence-electron chi connectivity index (χ0n) is 8.40. The van der Waals surface area contributed by atoms with Crippen LogP contribution in [0, 0.1) is 6.92 Å². The van der Waals surface area contributed by atoms with Gasteiger partial charge in [-0.1, -0.05) is 0 Å². The number of furan rings is 1. The maximum absolute atomic E-state index is 10.7. The third kappa shape index (κ3) is 1.54. The monoisotopic (exact) mass is 206 g/mol. The summed E-state index contributed by atoms with van der Waals surface area (Å²) in [7, 11) is 1.56. The molecule has 0 radical (unpaired) electrons. The minimum absolute atomic E-state index is 0.0543. The Morgan fingerprint density at radius 1 is 1.40 bits per heavy atom. The SMILES string of the molecule is COc1cc(C)c2cc(C(=O)O)oc2c1. The number of aryl methyl sites for hydroxylation is 1. The van der Waals surface area contributed by atoms with E-state index < -0.39 is 5.97 Å². The van der Waals surface area contributed by atoms with Gasteiger partial charge in [-0.15, -0.1) is 0 Å². The number of carboxylic acid groups (broad SMARTS) is 1. The van der Waals surface area contributed by atoms with E-state index in [9.17, 15) is 4.79 Å². The molecule has 0 bridgehead atoms. The van der Waals surface area contributed by atoms with Crippen LogP contribution in [-0.2, 0) is 0 Å².